The minimum atomic E-state index is -0.514. The van der Waals surface area contributed by atoms with Crippen LogP contribution in [0.25, 0.3) is 0 Å². The number of rotatable bonds is 4. The second kappa shape index (κ2) is 4.70. The van der Waals surface area contributed by atoms with Crippen molar-refractivity contribution >= 4 is 0 Å². The standard InChI is InChI=1S/C13H14N2O3/c16-12-8-18-13-7-10(1-2-11(12)13)17-6-5-15-4-3-14-9-15/h1-4,7,9,12,16H,5-6,8H2. The van der Waals surface area contributed by atoms with Gasteiger partial charge in [-0.15, -0.1) is 0 Å². The number of imidazole rings is 1. The maximum absolute atomic E-state index is 9.60. The minimum absolute atomic E-state index is 0.327. The summed E-state index contributed by atoms with van der Waals surface area (Å²) in [6.07, 6.45) is 4.88. The van der Waals surface area contributed by atoms with Crippen LogP contribution in [-0.4, -0.2) is 27.9 Å². The monoisotopic (exact) mass is 246 g/mol. The van der Waals surface area contributed by atoms with Gasteiger partial charge in [0.1, 0.15) is 30.8 Å². The molecule has 0 saturated heterocycles. The van der Waals surface area contributed by atoms with Crippen LogP contribution in [0.5, 0.6) is 11.5 Å². The summed E-state index contributed by atoms with van der Waals surface area (Å²) in [5.41, 5.74) is 0.831. The van der Waals surface area contributed by atoms with Crippen LogP contribution in [0.1, 0.15) is 11.7 Å². The maximum Gasteiger partial charge on any atom is 0.129 e. The van der Waals surface area contributed by atoms with Gasteiger partial charge in [-0.1, -0.05) is 0 Å². The molecule has 0 fully saturated rings. The molecule has 0 bridgehead atoms. The first-order valence-corrected chi connectivity index (χ1v) is 5.86. The van der Waals surface area contributed by atoms with Crippen LogP contribution in [0.4, 0.5) is 0 Å². The Morgan fingerprint density at radius 2 is 2.44 bits per heavy atom. The second-order valence-corrected chi connectivity index (χ2v) is 4.18. The Bertz CT molecular complexity index is 525. The molecule has 1 aromatic heterocycles. The molecular weight excluding hydrogens is 232 g/mol. The number of aliphatic hydroxyl groups excluding tert-OH is 1. The summed E-state index contributed by atoms with van der Waals surface area (Å²) in [6.45, 7) is 1.64. The Morgan fingerprint density at radius 1 is 1.50 bits per heavy atom. The van der Waals surface area contributed by atoms with E-state index in [0.29, 0.717) is 19.0 Å². The van der Waals surface area contributed by atoms with Crippen LogP contribution in [0, 0.1) is 0 Å². The molecule has 0 amide bonds. The number of benzene rings is 1. The third-order valence-corrected chi connectivity index (χ3v) is 2.92. The van der Waals surface area contributed by atoms with Gasteiger partial charge in [0.05, 0.1) is 12.9 Å². The van der Waals surface area contributed by atoms with Gasteiger partial charge in [0.15, 0.2) is 0 Å². The molecule has 2 aromatic rings. The Morgan fingerprint density at radius 3 is 3.28 bits per heavy atom. The molecule has 5 nitrogen and oxygen atoms in total. The number of hydrogen-bond acceptors (Lipinski definition) is 4. The zero-order valence-electron chi connectivity index (χ0n) is 9.82. The fourth-order valence-corrected chi connectivity index (χ4v) is 1.95. The van der Waals surface area contributed by atoms with Crippen LogP contribution in [0.3, 0.4) is 0 Å². The van der Waals surface area contributed by atoms with Gasteiger partial charge >= 0.3 is 0 Å². The van der Waals surface area contributed by atoms with Crippen molar-refractivity contribution in [2.45, 2.75) is 12.6 Å². The van der Waals surface area contributed by atoms with E-state index < -0.39 is 6.10 Å². The average molecular weight is 246 g/mol. The van der Waals surface area contributed by atoms with Crippen LogP contribution < -0.4 is 9.47 Å². The van der Waals surface area contributed by atoms with Crippen LogP contribution in [0.15, 0.2) is 36.9 Å². The minimum Gasteiger partial charge on any atom is -0.492 e. The molecule has 1 atom stereocenters. The van der Waals surface area contributed by atoms with Gasteiger partial charge in [0.25, 0.3) is 0 Å². The van der Waals surface area contributed by atoms with E-state index in [0.717, 1.165) is 17.9 Å². The fourth-order valence-electron chi connectivity index (χ4n) is 1.95. The topological polar surface area (TPSA) is 56.5 Å². The highest BCUT2D eigenvalue weighted by Crippen LogP contribution is 2.34. The van der Waals surface area contributed by atoms with E-state index >= 15 is 0 Å². The van der Waals surface area contributed by atoms with E-state index in [9.17, 15) is 5.11 Å². The highest BCUT2D eigenvalue weighted by atomic mass is 16.5. The highest BCUT2D eigenvalue weighted by Gasteiger charge is 2.21. The molecule has 1 aliphatic heterocycles. The number of hydrogen-bond donors (Lipinski definition) is 1. The summed E-state index contributed by atoms with van der Waals surface area (Å²) in [6, 6.07) is 5.52. The molecule has 1 N–H and O–H groups in total. The lowest BCUT2D eigenvalue weighted by atomic mass is 10.1. The molecule has 94 valence electrons. The number of fused-ring (bicyclic) bond motifs is 1. The normalized spacial score (nSPS) is 17.3. The van der Waals surface area contributed by atoms with Crippen molar-refractivity contribution < 1.29 is 14.6 Å². The van der Waals surface area contributed by atoms with Crippen molar-refractivity contribution in [1.82, 2.24) is 9.55 Å². The number of nitrogens with zero attached hydrogens (tertiary/aromatic N) is 2. The maximum atomic E-state index is 9.60. The molecule has 1 aliphatic rings. The highest BCUT2D eigenvalue weighted by molar-refractivity contribution is 5.44. The molecule has 18 heavy (non-hydrogen) atoms. The quantitative estimate of drug-likeness (QED) is 0.885. The predicted molar refractivity (Wildman–Crippen MR) is 64.6 cm³/mol. The third kappa shape index (κ3) is 2.17. The molecule has 0 spiro atoms. The van der Waals surface area contributed by atoms with Gasteiger partial charge in [0.2, 0.25) is 0 Å². The fraction of sp³-hybridized carbons (Fsp3) is 0.308. The summed E-state index contributed by atoms with van der Waals surface area (Å²) in [7, 11) is 0. The van der Waals surface area contributed by atoms with E-state index in [1.165, 1.54) is 0 Å². The van der Waals surface area contributed by atoms with E-state index in [4.69, 9.17) is 9.47 Å². The zero-order chi connectivity index (χ0) is 12.4. The van der Waals surface area contributed by atoms with Gasteiger partial charge in [0, 0.05) is 24.0 Å². The molecule has 0 saturated carbocycles. The lowest BCUT2D eigenvalue weighted by Crippen LogP contribution is -2.06. The molecule has 2 heterocycles. The Kier molecular flexibility index (Phi) is 2.90. The van der Waals surface area contributed by atoms with Gasteiger partial charge in [-0.3, -0.25) is 0 Å². The Hall–Kier alpha value is -2.01. The molecule has 3 rings (SSSR count). The third-order valence-electron chi connectivity index (χ3n) is 2.92. The lowest BCUT2D eigenvalue weighted by Gasteiger charge is -2.08. The van der Waals surface area contributed by atoms with E-state index in [-0.39, 0.29) is 0 Å². The summed E-state index contributed by atoms with van der Waals surface area (Å²) in [5, 5.41) is 9.60. The van der Waals surface area contributed by atoms with Gasteiger partial charge in [-0.05, 0) is 12.1 Å². The van der Waals surface area contributed by atoms with Crippen molar-refractivity contribution in [3.63, 3.8) is 0 Å². The summed E-state index contributed by atoms with van der Waals surface area (Å²) < 4.78 is 12.9. The summed E-state index contributed by atoms with van der Waals surface area (Å²) >= 11 is 0. The summed E-state index contributed by atoms with van der Waals surface area (Å²) in [5.74, 6) is 1.46. The van der Waals surface area contributed by atoms with Crippen molar-refractivity contribution in [2.24, 2.45) is 0 Å². The molecule has 0 radical (unpaired) electrons. The number of ether oxygens (including phenoxy) is 2. The Labute approximate surface area is 105 Å². The predicted octanol–water partition coefficient (Wildman–Crippen LogP) is 1.39. The Balaban J connectivity index is 1.60. The van der Waals surface area contributed by atoms with Crippen molar-refractivity contribution in [1.29, 1.82) is 0 Å². The molecule has 1 aromatic carbocycles. The van der Waals surface area contributed by atoms with Gasteiger partial charge in [-0.25, -0.2) is 4.98 Å². The van der Waals surface area contributed by atoms with Crippen molar-refractivity contribution in [3.05, 3.63) is 42.5 Å². The van der Waals surface area contributed by atoms with Gasteiger partial charge in [-0.2, -0.15) is 0 Å². The first-order chi connectivity index (χ1) is 8.83. The van der Waals surface area contributed by atoms with E-state index in [1.807, 2.05) is 29.0 Å². The average Bonchev–Trinajstić information content (AvgIpc) is 3.00. The lowest BCUT2D eigenvalue weighted by molar-refractivity contribution is 0.140. The summed E-state index contributed by atoms with van der Waals surface area (Å²) in [4.78, 5) is 3.96. The number of aromatic nitrogens is 2. The first kappa shape index (κ1) is 11.1. The second-order valence-electron chi connectivity index (χ2n) is 4.18. The van der Waals surface area contributed by atoms with Crippen molar-refractivity contribution in [3.8, 4) is 11.5 Å². The first-order valence-electron chi connectivity index (χ1n) is 5.86. The molecule has 5 heteroatoms. The number of aliphatic hydroxyl groups is 1. The molecule has 1 unspecified atom stereocenters. The van der Waals surface area contributed by atoms with Crippen LogP contribution >= 0.6 is 0 Å². The van der Waals surface area contributed by atoms with E-state index in [2.05, 4.69) is 4.98 Å². The zero-order valence-corrected chi connectivity index (χ0v) is 9.82. The van der Waals surface area contributed by atoms with Crippen molar-refractivity contribution in [2.75, 3.05) is 13.2 Å². The smallest absolute Gasteiger partial charge is 0.129 e. The van der Waals surface area contributed by atoms with Crippen LogP contribution in [-0.2, 0) is 6.54 Å². The molecular formula is C13H14N2O3. The van der Waals surface area contributed by atoms with Crippen LogP contribution in [0.2, 0.25) is 0 Å². The van der Waals surface area contributed by atoms with Gasteiger partial charge < -0.3 is 19.1 Å². The van der Waals surface area contributed by atoms with E-state index in [1.54, 1.807) is 12.5 Å². The SMILES string of the molecule is OC1COc2cc(OCCn3ccnc3)ccc21. The molecule has 0 aliphatic carbocycles. The largest absolute Gasteiger partial charge is 0.492 e.